The first-order valence-electron chi connectivity index (χ1n) is 6.22. The van der Waals surface area contributed by atoms with Gasteiger partial charge in [-0.3, -0.25) is 9.78 Å². The molecule has 4 nitrogen and oxygen atoms in total. The van der Waals surface area contributed by atoms with Crippen LogP contribution in [0.1, 0.15) is 37.3 Å². The van der Waals surface area contributed by atoms with Gasteiger partial charge in [-0.25, -0.2) is 0 Å². The van der Waals surface area contributed by atoms with Crippen molar-refractivity contribution in [2.24, 2.45) is 5.73 Å². The fourth-order valence-electron chi connectivity index (χ4n) is 2.39. The van der Waals surface area contributed by atoms with Gasteiger partial charge in [0.05, 0.1) is 6.04 Å². The molecule has 1 fully saturated rings. The first kappa shape index (κ1) is 12.0. The number of rotatable bonds is 4. The van der Waals surface area contributed by atoms with Crippen molar-refractivity contribution in [1.82, 2.24) is 9.88 Å². The van der Waals surface area contributed by atoms with E-state index in [0.29, 0.717) is 13.0 Å². The third-order valence-electron chi connectivity index (χ3n) is 3.26. The number of amides is 1. The highest BCUT2D eigenvalue weighted by molar-refractivity contribution is 5.77. The zero-order chi connectivity index (χ0) is 12.1. The molecule has 92 valence electrons. The van der Waals surface area contributed by atoms with E-state index in [2.05, 4.69) is 4.98 Å². The van der Waals surface area contributed by atoms with E-state index < -0.39 is 0 Å². The molecular weight excluding hydrogens is 214 g/mol. The normalized spacial score (nSPS) is 19.6. The predicted molar refractivity (Wildman–Crippen MR) is 66.2 cm³/mol. The van der Waals surface area contributed by atoms with Crippen molar-refractivity contribution in [1.29, 1.82) is 0 Å². The largest absolute Gasteiger partial charge is 0.336 e. The maximum atomic E-state index is 12.0. The minimum absolute atomic E-state index is 0.231. The van der Waals surface area contributed by atoms with E-state index in [1.54, 1.807) is 12.4 Å². The molecule has 0 aliphatic carbocycles. The topological polar surface area (TPSA) is 59.2 Å². The Kier molecular flexibility index (Phi) is 4.09. The summed E-state index contributed by atoms with van der Waals surface area (Å²) in [6.45, 7) is 1.45. The molecule has 1 atom stereocenters. The van der Waals surface area contributed by atoms with Crippen LogP contribution in [0.15, 0.2) is 24.5 Å². The van der Waals surface area contributed by atoms with Gasteiger partial charge in [-0.05, 0) is 43.5 Å². The molecule has 2 heterocycles. The Morgan fingerprint density at radius 3 is 2.94 bits per heavy atom. The van der Waals surface area contributed by atoms with Gasteiger partial charge in [-0.2, -0.15) is 0 Å². The van der Waals surface area contributed by atoms with Crippen LogP contribution in [-0.4, -0.2) is 28.9 Å². The lowest BCUT2D eigenvalue weighted by atomic mass is 10.1. The zero-order valence-corrected chi connectivity index (χ0v) is 10.0. The Hall–Kier alpha value is -1.42. The Morgan fingerprint density at radius 1 is 1.47 bits per heavy atom. The summed E-state index contributed by atoms with van der Waals surface area (Å²) in [6.07, 6.45) is 7.06. The van der Waals surface area contributed by atoms with E-state index >= 15 is 0 Å². The molecule has 4 heteroatoms. The maximum absolute atomic E-state index is 12.0. The Labute approximate surface area is 102 Å². The molecule has 1 aromatic rings. The number of nitrogens with two attached hydrogens (primary N) is 1. The molecule has 0 spiro atoms. The summed E-state index contributed by atoms with van der Waals surface area (Å²) < 4.78 is 0. The molecule has 1 unspecified atom stereocenters. The predicted octanol–water partition coefficient (Wildman–Crippen LogP) is 1.48. The summed E-state index contributed by atoms with van der Waals surface area (Å²) in [6, 6.07) is 4.24. The van der Waals surface area contributed by atoms with Crippen molar-refractivity contribution < 1.29 is 4.79 Å². The van der Waals surface area contributed by atoms with Gasteiger partial charge >= 0.3 is 0 Å². The Balaban J connectivity index is 2.05. The molecule has 1 aromatic heterocycles. The van der Waals surface area contributed by atoms with E-state index in [-0.39, 0.29) is 11.9 Å². The zero-order valence-electron chi connectivity index (χ0n) is 10.0. The van der Waals surface area contributed by atoms with Crippen LogP contribution in [0.5, 0.6) is 0 Å². The second-order valence-corrected chi connectivity index (χ2v) is 4.42. The van der Waals surface area contributed by atoms with Gasteiger partial charge in [0.15, 0.2) is 0 Å². The molecule has 0 saturated carbocycles. The average molecular weight is 233 g/mol. The van der Waals surface area contributed by atoms with Crippen LogP contribution in [0.3, 0.4) is 0 Å². The lowest BCUT2D eigenvalue weighted by Gasteiger charge is -2.25. The van der Waals surface area contributed by atoms with Gasteiger partial charge in [-0.1, -0.05) is 0 Å². The Bertz CT molecular complexity index is 366. The summed E-state index contributed by atoms with van der Waals surface area (Å²) in [4.78, 5) is 18.1. The van der Waals surface area contributed by atoms with Gasteiger partial charge in [0, 0.05) is 25.4 Å². The SMILES string of the molecule is NCCCC(=O)N1CCCC1c1ccncc1. The third-order valence-corrected chi connectivity index (χ3v) is 3.26. The molecule has 1 saturated heterocycles. The summed E-state index contributed by atoms with van der Waals surface area (Å²) in [7, 11) is 0. The van der Waals surface area contributed by atoms with Crippen molar-refractivity contribution in [2.75, 3.05) is 13.1 Å². The summed E-state index contributed by atoms with van der Waals surface area (Å²) in [5, 5.41) is 0. The number of hydrogen-bond donors (Lipinski definition) is 1. The molecule has 0 bridgehead atoms. The highest BCUT2D eigenvalue weighted by atomic mass is 16.2. The highest BCUT2D eigenvalue weighted by Crippen LogP contribution is 2.31. The quantitative estimate of drug-likeness (QED) is 0.857. The molecular formula is C13H19N3O. The van der Waals surface area contributed by atoms with E-state index in [9.17, 15) is 4.79 Å². The molecule has 2 N–H and O–H groups in total. The fraction of sp³-hybridized carbons (Fsp3) is 0.538. The number of aromatic nitrogens is 1. The fourth-order valence-corrected chi connectivity index (χ4v) is 2.39. The van der Waals surface area contributed by atoms with Gasteiger partial charge in [0.1, 0.15) is 0 Å². The lowest BCUT2D eigenvalue weighted by Crippen LogP contribution is -2.30. The Morgan fingerprint density at radius 2 is 2.24 bits per heavy atom. The summed E-state index contributed by atoms with van der Waals surface area (Å²) in [5.41, 5.74) is 6.64. The van der Waals surface area contributed by atoms with Crippen molar-refractivity contribution in [3.8, 4) is 0 Å². The molecule has 1 aliphatic rings. The molecule has 0 aromatic carbocycles. The van der Waals surface area contributed by atoms with Gasteiger partial charge in [0.2, 0.25) is 5.91 Å². The van der Waals surface area contributed by atoms with E-state index in [1.807, 2.05) is 17.0 Å². The van der Waals surface area contributed by atoms with Crippen LogP contribution < -0.4 is 5.73 Å². The maximum Gasteiger partial charge on any atom is 0.223 e. The molecule has 2 rings (SSSR count). The standard InChI is InChI=1S/C13H19N3O/c14-7-1-4-13(17)16-10-2-3-12(16)11-5-8-15-9-6-11/h5-6,8-9,12H,1-4,7,10,14H2. The first-order valence-corrected chi connectivity index (χ1v) is 6.22. The number of likely N-dealkylation sites (tertiary alicyclic amines) is 1. The van der Waals surface area contributed by atoms with E-state index in [4.69, 9.17) is 5.73 Å². The second-order valence-electron chi connectivity index (χ2n) is 4.42. The van der Waals surface area contributed by atoms with E-state index in [0.717, 1.165) is 25.8 Å². The highest BCUT2D eigenvalue weighted by Gasteiger charge is 2.29. The molecule has 17 heavy (non-hydrogen) atoms. The number of nitrogens with zero attached hydrogens (tertiary/aromatic N) is 2. The van der Waals surface area contributed by atoms with Gasteiger partial charge in [-0.15, -0.1) is 0 Å². The monoisotopic (exact) mass is 233 g/mol. The molecule has 0 radical (unpaired) electrons. The smallest absolute Gasteiger partial charge is 0.223 e. The molecule has 1 aliphatic heterocycles. The number of carbonyl (C=O) groups is 1. The van der Waals surface area contributed by atoms with Crippen LogP contribution in [0.4, 0.5) is 0 Å². The van der Waals surface area contributed by atoms with Crippen LogP contribution in [0.25, 0.3) is 0 Å². The van der Waals surface area contributed by atoms with Crippen molar-refractivity contribution in [2.45, 2.75) is 31.7 Å². The minimum Gasteiger partial charge on any atom is -0.336 e. The first-order chi connectivity index (χ1) is 8.33. The van der Waals surface area contributed by atoms with Crippen LogP contribution >= 0.6 is 0 Å². The number of hydrogen-bond acceptors (Lipinski definition) is 3. The van der Waals surface area contributed by atoms with Crippen molar-refractivity contribution in [3.63, 3.8) is 0 Å². The van der Waals surface area contributed by atoms with Crippen molar-refractivity contribution in [3.05, 3.63) is 30.1 Å². The summed E-state index contributed by atoms with van der Waals surface area (Å²) in [5.74, 6) is 0.231. The second kappa shape index (κ2) is 5.77. The van der Waals surface area contributed by atoms with Crippen LogP contribution in [-0.2, 0) is 4.79 Å². The lowest BCUT2D eigenvalue weighted by molar-refractivity contribution is -0.132. The van der Waals surface area contributed by atoms with Crippen LogP contribution in [0, 0.1) is 0 Å². The number of pyridine rings is 1. The van der Waals surface area contributed by atoms with E-state index in [1.165, 1.54) is 5.56 Å². The third kappa shape index (κ3) is 2.82. The van der Waals surface area contributed by atoms with Gasteiger partial charge < -0.3 is 10.6 Å². The minimum atomic E-state index is 0.231. The van der Waals surface area contributed by atoms with Crippen LogP contribution in [0.2, 0.25) is 0 Å². The van der Waals surface area contributed by atoms with Gasteiger partial charge in [0.25, 0.3) is 0 Å². The summed E-state index contributed by atoms with van der Waals surface area (Å²) >= 11 is 0. The molecule has 1 amide bonds. The number of carbonyl (C=O) groups excluding carboxylic acids is 1. The average Bonchev–Trinajstić information content (AvgIpc) is 2.86. The van der Waals surface area contributed by atoms with Crippen molar-refractivity contribution >= 4 is 5.91 Å².